The standard InChI is InChI=1S/C18H25N3O4/c1-25-15-6-4-13(5-7-15)17(23)14-8-11-21(12-9-14)10-2-3-16(22)20-18(19)24/h4-7,14H,2-3,8-12H2,1H3,(H3,19,20,22,24). The van der Waals surface area contributed by atoms with E-state index in [4.69, 9.17) is 10.5 Å². The van der Waals surface area contributed by atoms with Crippen LogP contribution in [0.1, 0.15) is 36.0 Å². The van der Waals surface area contributed by atoms with Crippen molar-refractivity contribution < 1.29 is 19.1 Å². The summed E-state index contributed by atoms with van der Waals surface area (Å²) >= 11 is 0. The van der Waals surface area contributed by atoms with Crippen LogP contribution in [0, 0.1) is 5.92 Å². The van der Waals surface area contributed by atoms with Crippen molar-refractivity contribution in [2.45, 2.75) is 25.7 Å². The van der Waals surface area contributed by atoms with Crippen molar-refractivity contribution in [2.24, 2.45) is 11.7 Å². The van der Waals surface area contributed by atoms with Crippen LogP contribution in [0.5, 0.6) is 5.75 Å². The van der Waals surface area contributed by atoms with Crippen LogP contribution in [0.3, 0.4) is 0 Å². The van der Waals surface area contributed by atoms with Crippen LogP contribution in [0.2, 0.25) is 0 Å². The van der Waals surface area contributed by atoms with Crippen molar-refractivity contribution in [1.82, 2.24) is 10.2 Å². The molecular formula is C18H25N3O4. The average molecular weight is 347 g/mol. The van der Waals surface area contributed by atoms with Gasteiger partial charge in [-0.25, -0.2) is 4.79 Å². The summed E-state index contributed by atoms with van der Waals surface area (Å²) < 4.78 is 5.11. The number of benzene rings is 1. The number of imide groups is 1. The van der Waals surface area contributed by atoms with Gasteiger partial charge < -0.3 is 15.4 Å². The molecule has 136 valence electrons. The molecule has 7 heteroatoms. The highest BCUT2D eigenvalue weighted by atomic mass is 16.5. The van der Waals surface area contributed by atoms with Gasteiger partial charge in [0, 0.05) is 17.9 Å². The number of nitrogens with two attached hydrogens (primary N) is 1. The van der Waals surface area contributed by atoms with Gasteiger partial charge in [-0.3, -0.25) is 14.9 Å². The van der Waals surface area contributed by atoms with E-state index in [9.17, 15) is 14.4 Å². The molecule has 0 saturated carbocycles. The fraction of sp³-hybridized carbons (Fsp3) is 0.500. The molecule has 1 aliphatic heterocycles. The van der Waals surface area contributed by atoms with Crippen LogP contribution >= 0.6 is 0 Å². The van der Waals surface area contributed by atoms with Crippen molar-refractivity contribution in [2.75, 3.05) is 26.7 Å². The molecule has 0 aromatic heterocycles. The molecule has 2 rings (SSSR count). The number of hydrogen-bond donors (Lipinski definition) is 2. The van der Waals surface area contributed by atoms with Gasteiger partial charge in [0.1, 0.15) is 5.75 Å². The lowest BCUT2D eigenvalue weighted by molar-refractivity contribution is -0.120. The van der Waals surface area contributed by atoms with Crippen LogP contribution in [-0.4, -0.2) is 49.4 Å². The minimum absolute atomic E-state index is 0.0443. The molecule has 0 atom stereocenters. The molecule has 1 aromatic carbocycles. The number of rotatable bonds is 7. The molecule has 0 spiro atoms. The van der Waals surface area contributed by atoms with Crippen molar-refractivity contribution in [3.63, 3.8) is 0 Å². The van der Waals surface area contributed by atoms with Gasteiger partial charge in [-0.1, -0.05) is 0 Å². The molecule has 0 aliphatic carbocycles. The molecule has 0 radical (unpaired) electrons. The smallest absolute Gasteiger partial charge is 0.318 e. The molecule has 25 heavy (non-hydrogen) atoms. The van der Waals surface area contributed by atoms with E-state index >= 15 is 0 Å². The molecule has 1 aromatic rings. The van der Waals surface area contributed by atoms with E-state index < -0.39 is 6.03 Å². The van der Waals surface area contributed by atoms with E-state index in [1.807, 2.05) is 12.1 Å². The third kappa shape index (κ3) is 5.86. The third-order valence-electron chi connectivity index (χ3n) is 4.47. The van der Waals surface area contributed by atoms with Crippen LogP contribution in [0.15, 0.2) is 24.3 Å². The number of Topliss-reactive ketones (excluding diaryl/α,β-unsaturated/α-hetero) is 1. The molecule has 1 heterocycles. The number of ether oxygens (including phenoxy) is 1. The van der Waals surface area contributed by atoms with E-state index in [-0.39, 0.29) is 24.0 Å². The van der Waals surface area contributed by atoms with Crippen molar-refractivity contribution in [3.05, 3.63) is 29.8 Å². The Morgan fingerprint density at radius 3 is 2.40 bits per heavy atom. The summed E-state index contributed by atoms with van der Waals surface area (Å²) in [6, 6.07) is 6.41. The Bertz CT molecular complexity index is 607. The summed E-state index contributed by atoms with van der Waals surface area (Å²) in [7, 11) is 1.60. The maximum Gasteiger partial charge on any atom is 0.318 e. The normalized spacial score (nSPS) is 15.6. The van der Waals surface area contributed by atoms with Crippen LogP contribution in [-0.2, 0) is 4.79 Å². The number of ketones is 1. The maximum atomic E-state index is 12.6. The number of carbonyl (C=O) groups excluding carboxylic acids is 3. The topological polar surface area (TPSA) is 102 Å². The zero-order chi connectivity index (χ0) is 18.2. The molecule has 1 fully saturated rings. The van der Waals surface area contributed by atoms with E-state index in [0.717, 1.165) is 43.8 Å². The number of hydrogen-bond acceptors (Lipinski definition) is 5. The van der Waals surface area contributed by atoms with Crippen LogP contribution < -0.4 is 15.8 Å². The highest BCUT2D eigenvalue weighted by Gasteiger charge is 2.25. The summed E-state index contributed by atoms with van der Waals surface area (Å²) in [5.41, 5.74) is 5.62. The lowest BCUT2D eigenvalue weighted by atomic mass is 9.89. The highest BCUT2D eigenvalue weighted by Crippen LogP contribution is 2.23. The minimum atomic E-state index is -0.817. The Kier molecular flexibility index (Phi) is 6.94. The number of nitrogens with one attached hydrogen (secondary N) is 1. The Hall–Kier alpha value is -2.41. The second-order valence-corrected chi connectivity index (χ2v) is 6.22. The second kappa shape index (κ2) is 9.17. The number of carbonyl (C=O) groups is 3. The average Bonchev–Trinajstić information content (AvgIpc) is 2.61. The van der Waals surface area contributed by atoms with Crippen molar-refractivity contribution in [3.8, 4) is 5.75 Å². The Labute approximate surface area is 147 Å². The first kappa shape index (κ1) is 18.9. The van der Waals surface area contributed by atoms with E-state index in [2.05, 4.69) is 10.2 Å². The van der Waals surface area contributed by atoms with E-state index in [1.165, 1.54) is 0 Å². The zero-order valence-corrected chi connectivity index (χ0v) is 14.5. The fourth-order valence-corrected chi connectivity index (χ4v) is 3.07. The van der Waals surface area contributed by atoms with Crippen molar-refractivity contribution >= 4 is 17.7 Å². The molecule has 7 nitrogen and oxygen atoms in total. The van der Waals surface area contributed by atoms with Gasteiger partial charge in [-0.15, -0.1) is 0 Å². The molecule has 3 N–H and O–H groups in total. The van der Waals surface area contributed by atoms with Gasteiger partial charge in [0.25, 0.3) is 0 Å². The van der Waals surface area contributed by atoms with Gasteiger partial charge in [-0.05, 0) is 63.2 Å². The van der Waals surface area contributed by atoms with Crippen LogP contribution in [0.4, 0.5) is 4.79 Å². The quantitative estimate of drug-likeness (QED) is 0.729. The Morgan fingerprint density at radius 2 is 1.84 bits per heavy atom. The molecule has 0 unspecified atom stereocenters. The first-order valence-corrected chi connectivity index (χ1v) is 8.49. The number of piperidine rings is 1. The summed E-state index contributed by atoms with van der Waals surface area (Å²) in [5, 5.41) is 2.06. The number of primary amides is 1. The fourth-order valence-electron chi connectivity index (χ4n) is 3.07. The van der Waals surface area contributed by atoms with Gasteiger partial charge in [0.05, 0.1) is 7.11 Å². The first-order valence-electron chi connectivity index (χ1n) is 8.49. The third-order valence-corrected chi connectivity index (χ3v) is 4.47. The predicted octanol–water partition coefficient (Wildman–Crippen LogP) is 1.56. The number of urea groups is 1. The molecule has 1 saturated heterocycles. The number of likely N-dealkylation sites (tertiary alicyclic amines) is 1. The van der Waals surface area contributed by atoms with E-state index in [0.29, 0.717) is 6.42 Å². The predicted molar refractivity (Wildman–Crippen MR) is 93.4 cm³/mol. The second-order valence-electron chi connectivity index (χ2n) is 6.22. The highest BCUT2D eigenvalue weighted by molar-refractivity contribution is 5.98. The molecule has 3 amide bonds. The summed E-state index contributed by atoms with van der Waals surface area (Å²) in [6.45, 7) is 2.45. The lowest BCUT2D eigenvalue weighted by Gasteiger charge is -2.31. The van der Waals surface area contributed by atoms with Gasteiger partial charge in [0.15, 0.2) is 5.78 Å². The van der Waals surface area contributed by atoms with Gasteiger partial charge >= 0.3 is 6.03 Å². The first-order chi connectivity index (χ1) is 12.0. The van der Waals surface area contributed by atoms with E-state index in [1.54, 1.807) is 19.2 Å². The Morgan fingerprint density at radius 1 is 1.20 bits per heavy atom. The summed E-state index contributed by atoms with van der Waals surface area (Å²) in [4.78, 5) is 36.7. The summed E-state index contributed by atoms with van der Waals surface area (Å²) in [5.74, 6) is 0.620. The summed E-state index contributed by atoms with van der Waals surface area (Å²) in [6.07, 6.45) is 2.57. The van der Waals surface area contributed by atoms with Crippen LogP contribution in [0.25, 0.3) is 0 Å². The lowest BCUT2D eigenvalue weighted by Crippen LogP contribution is -2.38. The number of methoxy groups -OCH3 is 1. The number of nitrogens with zero attached hydrogens (tertiary/aromatic N) is 1. The van der Waals surface area contributed by atoms with Gasteiger partial charge in [0.2, 0.25) is 5.91 Å². The maximum absolute atomic E-state index is 12.6. The number of amides is 3. The van der Waals surface area contributed by atoms with Gasteiger partial charge in [-0.2, -0.15) is 0 Å². The zero-order valence-electron chi connectivity index (χ0n) is 14.5. The Balaban J connectivity index is 1.72. The molecule has 0 bridgehead atoms. The van der Waals surface area contributed by atoms with Crippen molar-refractivity contribution in [1.29, 1.82) is 0 Å². The SMILES string of the molecule is COc1ccc(C(=O)C2CCN(CCCC(=O)NC(N)=O)CC2)cc1. The molecule has 1 aliphatic rings. The minimum Gasteiger partial charge on any atom is -0.497 e. The molecular weight excluding hydrogens is 322 g/mol. The monoisotopic (exact) mass is 347 g/mol. The largest absolute Gasteiger partial charge is 0.497 e.